The second-order valence-electron chi connectivity index (χ2n) is 6.66. The van der Waals surface area contributed by atoms with Crippen molar-refractivity contribution in [1.82, 2.24) is 5.32 Å². The monoisotopic (exact) mass is 448 g/mol. The van der Waals surface area contributed by atoms with E-state index in [1.54, 1.807) is 38.1 Å². The summed E-state index contributed by atoms with van der Waals surface area (Å²) in [7, 11) is 0. The van der Waals surface area contributed by atoms with E-state index in [2.05, 4.69) is 10.6 Å². The fraction of sp³-hybridized carbons (Fsp3) is 0.350. The molecule has 8 heteroatoms. The molecule has 0 fully saturated rings. The van der Waals surface area contributed by atoms with Crippen molar-refractivity contribution in [3.8, 4) is 0 Å². The van der Waals surface area contributed by atoms with Crippen molar-refractivity contribution in [3.63, 3.8) is 0 Å². The highest BCUT2D eigenvalue weighted by molar-refractivity contribution is 6.41. The summed E-state index contributed by atoms with van der Waals surface area (Å²) >= 11 is 18.0. The lowest BCUT2D eigenvalue weighted by Gasteiger charge is -2.15. The summed E-state index contributed by atoms with van der Waals surface area (Å²) in [6, 6.07) is 7.98. The van der Waals surface area contributed by atoms with Crippen molar-refractivity contribution < 1.29 is 14.3 Å². The number of hydrogen-bond acceptors (Lipinski definition) is 3. The third-order valence-electron chi connectivity index (χ3n) is 3.67. The van der Waals surface area contributed by atoms with Gasteiger partial charge in [0.05, 0.1) is 21.3 Å². The van der Waals surface area contributed by atoms with Crippen molar-refractivity contribution in [3.05, 3.63) is 56.8 Å². The molecule has 0 saturated heterocycles. The second kappa shape index (κ2) is 11.5. The lowest BCUT2D eigenvalue weighted by Crippen LogP contribution is -2.25. The van der Waals surface area contributed by atoms with Crippen molar-refractivity contribution >= 4 is 52.6 Å². The number of amides is 1. The van der Waals surface area contributed by atoms with Gasteiger partial charge >= 0.3 is 0 Å². The minimum atomic E-state index is -0.671. The number of carbonyl (C=O) groups is 1. The molecule has 2 aromatic rings. The SMILES string of the molecule is CC(C)(O)CCNC=O.CCc1cc(Nc2c(Cl)cc(Cl)cc2Cl)ccc1F. The molecule has 0 aromatic heterocycles. The largest absolute Gasteiger partial charge is 0.390 e. The highest BCUT2D eigenvalue weighted by Crippen LogP contribution is 2.35. The number of nitrogens with one attached hydrogen (secondary N) is 2. The van der Waals surface area contributed by atoms with Crippen molar-refractivity contribution in [1.29, 1.82) is 0 Å². The normalized spacial score (nSPS) is 10.7. The molecular formula is C20H24Cl3FN2O2. The number of hydrogen-bond donors (Lipinski definition) is 3. The van der Waals surface area contributed by atoms with E-state index >= 15 is 0 Å². The Balaban J connectivity index is 0.000000370. The lowest BCUT2D eigenvalue weighted by atomic mass is 10.1. The molecule has 3 N–H and O–H groups in total. The van der Waals surface area contributed by atoms with Gasteiger partial charge in [-0.1, -0.05) is 41.7 Å². The summed E-state index contributed by atoms with van der Waals surface area (Å²) in [6.45, 7) is 5.84. The fourth-order valence-electron chi connectivity index (χ4n) is 2.17. The zero-order valence-corrected chi connectivity index (χ0v) is 18.2. The van der Waals surface area contributed by atoms with Gasteiger partial charge in [-0.15, -0.1) is 0 Å². The van der Waals surface area contributed by atoms with Gasteiger partial charge in [0.1, 0.15) is 5.82 Å². The maximum absolute atomic E-state index is 13.4. The van der Waals surface area contributed by atoms with Gasteiger partial charge in [0, 0.05) is 17.3 Å². The van der Waals surface area contributed by atoms with E-state index in [-0.39, 0.29) is 5.82 Å². The van der Waals surface area contributed by atoms with E-state index in [4.69, 9.17) is 39.9 Å². The standard InChI is InChI=1S/C14H11Cl3FN.C6H13NO2/c1-2-8-5-10(3-4-13(8)18)19-14-11(16)6-9(15)7-12(14)17;1-6(2,9)3-4-7-5-8/h3-7,19H,2H2,1H3;5,9H,3-4H2,1-2H3,(H,7,8). The van der Waals surface area contributed by atoms with Crippen LogP contribution in [0.2, 0.25) is 15.1 Å². The Morgan fingerprint density at radius 3 is 2.25 bits per heavy atom. The second-order valence-corrected chi connectivity index (χ2v) is 7.91. The number of rotatable bonds is 7. The highest BCUT2D eigenvalue weighted by atomic mass is 35.5. The molecule has 0 unspecified atom stereocenters. The van der Waals surface area contributed by atoms with E-state index < -0.39 is 5.60 Å². The minimum Gasteiger partial charge on any atom is -0.390 e. The quantitative estimate of drug-likeness (QED) is 0.359. The zero-order valence-electron chi connectivity index (χ0n) is 16.0. The molecule has 0 heterocycles. The molecule has 0 spiro atoms. The summed E-state index contributed by atoms with van der Waals surface area (Å²) in [5.41, 5.74) is 1.24. The Labute approximate surface area is 180 Å². The van der Waals surface area contributed by atoms with Gasteiger partial charge in [-0.3, -0.25) is 4.79 Å². The number of anilines is 2. The summed E-state index contributed by atoms with van der Waals surface area (Å²) in [5, 5.41) is 15.9. The van der Waals surface area contributed by atoms with Crippen molar-refractivity contribution in [2.75, 3.05) is 11.9 Å². The first-order chi connectivity index (χ1) is 13.1. The van der Waals surface area contributed by atoms with Gasteiger partial charge in [-0.05, 0) is 62.6 Å². The summed E-state index contributed by atoms with van der Waals surface area (Å²) in [6.07, 6.45) is 1.83. The van der Waals surface area contributed by atoms with Crippen LogP contribution in [0, 0.1) is 5.82 Å². The van der Waals surface area contributed by atoms with E-state index in [9.17, 15) is 9.18 Å². The van der Waals surface area contributed by atoms with Crippen LogP contribution in [0.4, 0.5) is 15.8 Å². The molecule has 0 saturated carbocycles. The first-order valence-corrected chi connectivity index (χ1v) is 9.80. The first kappa shape index (κ1) is 24.5. The molecule has 1 amide bonds. The average molecular weight is 450 g/mol. The third kappa shape index (κ3) is 8.65. The van der Waals surface area contributed by atoms with Crippen LogP contribution < -0.4 is 10.6 Å². The molecule has 0 aliphatic rings. The molecule has 154 valence electrons. The van der Waals surface area contributed by atoms with Crippen LogP contribution in [0.15, 0.2) is 30.3 Å². The molecule has 0 aliphatic heterocycles. The molecule has 28 heavy (non-hydrogen) atoms. The van der Waals surface area contributed by atoms with E-state index in [1.165, 1.54) is 6.07 Å². The van der Waals surface area contributed by atoms with Gasteiger partial charge in [0.2, 0.25) is 6.41 Å². The van der Waals surface area contributed by atoms with Crippen LogP contribution in [0.3, 0.4) is 0 Å². The molecule has 0 atom stereocenters. The predicted molar refractivity (Wildman–Crippen MR) is 116 cm³/mol. The third-order valence-corrected chi connectivity index (χ3v) is 4.48. The first-order valence-electron chi connectivity index (χ1n) is 8.66. The Bertz CT molecular complexity index is 773. The maximum Gasteiger partial charge on any atom is 0.207 e. The van der Waals surface area contributed by atoms with Crippen LogP contribution in [0.1, 0.15) is 32.8 Å². The van der Waals surface area contributed by atoms with Gasteiger partial charge in [-0.25, -0.2) is 4.39 Å². The lowest BCUT2D eigenvalue weighted by molar-refractivity contribution is -0.109. The highest BCUT2D eigenvalue weighted by Gasteiger charge is 2.10. The van der Waals surface area contributed by atoms with Crippen LogP contribution in [0.25, 0.3) is 0 Å². The van der Waals surface area contributed by atoms with Crippen LogP contribution >= 0.6 is 34.8 Å². The summed E-state index contributed by atoms with van der Waals surface area (Å²) in [4.78, 5) is 9.70. The Morgan fingerprint density at radius 1 is 1.14 bits per heavy atom. The number of aliphatic hydroxyl groups is 1. The number of benzene rings is 2. The predicted octanol–water partition coefficient (Wildman–Crippen LogP) is 5.99. The molecule has 2 rings (SSSR count). The van der Waals surface area contributed by atoms with Gasteiger partial charge < -0.3 is 15.7 Å². The van der Waals surface area contributed by atoms with Gasteiger partial charge in [-0.2, -0.15) is 0 Å². The number of halogens is 4. The molecule has 2 aromatic carbocycles. The van der Waals surface area contributed by atoms with Crippen LogP contribution in [-0.2, 0) is 11.2 Å². The van der Waals surface area contributed by atoms with Crippen LogP contribution in [-0.4, -0.2) is 23.7 Å². The number of carbonyl (C=O) groups excluding carboxylic acids is 1. The minimum absolute atomic E-state index is 0.221. The van der Waals surface area contributed by atoms with Gasteiger partial charge in [0.25, 0.3) is 0 Å². The van der Waals surface area contributed by atoms with Crippen molar-refractivity contribution in [2.24, 2.45) is 0 Å². The molecule has 4 nitrogen and oxygen atoms in total. The zero-order chi connectivity index (χ0) is 21.3. The van der Waals surface area contributed by atoms with Crippen molar-refractivity contribution in [2.45, 2.75) is 39.2 Å². The Hall–Kier alpha value is -1.53. The maximum atomic E-state index is 13.4. The van der Waals surface area contributed by atoms with E-state index in [0.29, 0.717) is 52.1 Å². The fourth-order valence-corrected chi connectivity index (χ4v) is 3.08. The molecule has 0 radical (unpaired) electrons. The smallest absolute Gasteiger partial charge is 0.207 e. The van der Waals surface area contributed by atoms with E-state index in [0.717, 1.165) is 5.69 Å². The summed E-state index contributed by atoms with van der Waals surface area (Å²) in [5.74, 6) is -0.221. The van der Waals surface area contributed by atoms with Gasteiger partial charge in [0.15, 0.2) is 0 Å². The Kier molecular flexibility index (Phi) is 10.0. The molecule has 0 bridgehead atoms. The van der Waals surface area contributed by atoms with E-state index in [1.807, 2.05) is 6.92 Å². The number of aryl methyl sites for hydroxylation is 1. The average Bonchev–Trinajstić information content (AvgIpc) is 2.59. The summed E-state index contributed by atoms with van der Waals surface area (Å²) < 4.78 is 13.4. The van der Waals surface area contributed by atoms with Crippen LogP contribution in [0.5, 0.6) is 0 Å². The molecule has 0 aliphatic carbocycles. The Morgan fingerprint density at radius 2 is 1.75 bits per heavy atom. The molecular weight excluding hydrogens is 426 g/mol. The topological polar surface area (TPSA) is 61.4 Å².